The van der Waals surface area contributed by atoms with Gasteiger partial charge in [-0.1, -0.05) is 26.7 Å². The van der Waals surface area contributed by atoms with Crippen LogP contribution in [0.2, 0.25) is 0 Å². The first-order chi connectivity index (χ1) is 6.66. The highest BCUT2D eigenvalue weighted by molar-refractivity contribution is 5.66. The number of rotatable bonds is 4. The summed E-state index contributed by atoms with van der Waals surface area (Å²) in [5.41, 5.74) is 0. The number of nitrogens with zero attached hydrogens (tertiary/aromatic N) is 1. The van der Waals surface area contributed by atoms with Gasteiger partial charge in [0, 0.05) is 18.8 Å². The molecular formula is C10H18N2O2. The molecule has 0 spiro atoms. The van der Waals surface area contributed by atoms with Crippen molar-refractivity contribution in [2.24, 2.45) is 5.92 Å². The van der Waals surface area contributed by atoms with Crippen LogP contribution in [0.5, 0.6) is 0 Å². The van der Waals surface area contributed by atoms with Crippen LogP contribution in [0.15, 0.2) is 18.7 Å². The fourth-order valence-corrected chi connectivity index (χ4v) is 1.11. The average molecular weight is 198 g/mol. The number of carboxylic acids is 1. The Bertz CT molecular complexity index is 205. The van der Waals surface area contributed by atoms with E-state index in [0.717, 1.165) is 12.8 Å². The van der Waals surface area contributed by atoms with Gasteiger partial charge in [0.2, 0.25) is 0 Å². The molecule has 0 aromatic carbocycles. The number of nitrogens with one attached hydrogen (secondary N) is 1. The fourth-order valence-electron chi connectivity index (χ4n) is 1.11. The smallest absolute Gasteiger partial charge is 0.303 e. The van der Waals surface area contributed by atoms with Crippen molar-refractivity contribution >= 4 is 5.97 Å². The summed E-state index contributed by atoms with van der Waals surface area (Å²) in [6.45, 7) is 4.04. The van der Waals surface area contributed by atoms with E-state index in [0.29, 0.717) is 12.3 Å². The van der Waals surface area contributed by atoms with Crippen LogP contribution in [0.1, 0.15) is 33.1 Å². The summed E-state index contributed by atoms with van der Waals surface area (Å²) in [5.74, 6) is -0.344. The fraction of sp³-hybridized carbons (Fsp3) is 0.600. The van der Waals surface area contributed by atoms with Crippen LogP contribution < -0.4 is 0 Å². The second kappa shape index (κ2) is 8.29. The summed E-state index contributed by atoms with van der Waals surface area (Å²) in [6, 6.07) is 0. The number of H-pyrrole nitrogens is 1. The van der Waals surface area contributed by atoms with E-state index in [4.69, 9.17) is 5.11 Å². The summed E-state index contributed by atoms with van der Waals surface area (Å²) >= 11 is 0. The minimum Gasteiger partial charge on any atom is -0.481 e. The van der Waals surface area contributed by atoms with Crippen molar-refractivity contribution in [2.45, 2.75) is 33.1 Å². The molecule has 0 radical (unpaired) electrons. The standard InChI is InChI=1S/C7H14O2.C3H4N2/c1-3-4-6(2)5-7(8)9;1-2-5-3-4-1/h6H,3-5H2,1-2H3,(H,8,9);1-3H,(H,4,5). The molecule has 2 N–H and O–H groups in total. The van der Waals surface area contributed by atoms with E-state index in [9.17, 15) is 4.79 Å². The normalized spacial score (nSPS) is 11.3. The zero-order valence-corrected chi connectivity index (χ0v) is 8.73. The molecule has 0 saturated heterocycles. The third-order valence-corrected chi connectivity index (χ3v) is 1.71. The molecule has 1 rings (SSSR count). The van der Waals surface area contributed by atoms with Gasteiger partial charge in [0.15, 0.2) is 0 Å². The summed E-state index contributed by atoms with van der Waals surface area (Å²) < 4.78 is 0. The molecule has 0 fully saturated rings. The van der Waals surface area contributed by atoms with E-state index in [1.807, 2.05) is 6.92 Å². The van der Waals surface area contributed by atoms with Crippen molar-refractivity contribution in [3.63, 3.8) is 0 Å². The molecule has 0 bridgehead atoms. The number of hydrogen-bond donors (Lipinski definition) is 2. The molecule has 0 saturated carbocycles. The lowest BCUT2D eigenvalue weighted by molar-refractivity contribution is -0.138. The number of aromatic nitrogens is 2. The number of aliphatic carboxylic acids is 1. The maximum Gasteiger partial charge on any atom is 0.303 e. The molecule has 0 aliphatic heterocycles. The highest BCUT2D eigenvalue weighted by Crippen LogP contribution is 2.08. The van der Waals surface area contributed by atoms with Gasteiger partial charge in [0.1, 0.15) is 0 Å². The average Bonchev–Trinajstić information content (AvgIpc) is 2.59. The van der Waals surface area contributed by atoms with Gasteiger partial charge in [-0.2, -0.15) is 0 Å². The van der Waals surface area contributed by atoms with Crippen molar-refractivity contribution in [3.8, 4) is 0 Å². The number of imidazole rings is 1. The molecule has 1 aromatic rings. The molecule has 0 aliphatic carbocycles. The van der Waals surface area contributed by atoms with Gasteiger partial charge < -0.3 is 10.1 Å². The van der Waals surface area contributed by atoms with Crippen molar-refractivity contribution in [1.29, 1.82) is 0 Å². The van der Waals surface area contributed by atoms with E-state index >= 15 is 0 Å². The molecule has 1 aromatic heterocycles. The number of carboxylic acid groups (broad SMARTS) is 1. The quantitative estimate of drug-likeness (QED) is 0.780. The van der Waals surface area contributed by atoms with Crippen LogP contribution in [0.25, 0.3) is 0 Å². The zero-order chi connectivity index (χ0) is 10.8. The van der Waals surface area contributed by atoms with E-state index in [-0.39, 0.29) is 0 Å². The first kappa shape index (κ1) is 12.7. The molecule has 4 heteroatoms. The molecule has 1 heterocycles. The van der Waals surface area contributed by atoms with Crippen molar-refractivity contribution in [1.82, 2.24) is 9.97 Å². The molecule has 4 nitrogen and oxygen atoms in total. The largest absolute Gasteiger partial charge is 0.481 e. The third kappa shape index (κ3) is 8.77. The molecule has 0 amide bonds. The van der Waals surface area contributed by atoms with Gasteiger partial charge in [0.25, 0.3) is 0 Å². The van der Waals surface area contributed by atoms with Gasteiger partial charge in [-0.15, -0.1) is 0 Å². The van der Waals surface area contributed by atoms with E-state index < -0.39 is 5.97 Å². The monoisotopic (exact) mass is 198 g/mol. The summed E-state index contributed by atoms with van der Waals surface area (Å²) in [6.07, 6.45) is 7.49. The van der Waals surface area contributed by atoms with Crippen molar-refractivity contribution in [3.05, 3.63) is 18.7 Å². The molecular weight excluding hydrogens is 180 g/mol. The zero-order valence-electron chi connectivity index (χ0n) is 8.73. The summed E-state index contributed by atoms with van der Waals surface area (Å²) in [5, 5.41) is 8.31. The lowest BCUT2D eigenvalue weighted by Gasteiger charge is -2.03. The van der Waals surface area contributed by atoms with Crippen LogP contribution >= 0.6 is 0 Å². The molecule has 0 aliphatic rings. The maximum absolute atomic E-state index is 10.1. The minimum absolute atomic E-state index is 0.313. The van der Waals surface area contributed by atoms with Gasteiger partial charge in [-0.05, 0) is 5.92 Å². The maximum atomic E-state index is 10.1. The van der Waals surface area contributed by atoms with Crippen molar-refractivity contribution < 1.29 is 9.90 Å². The van der Waals surface area contributed by atoms with E-state index in [2.05, 4.69) is 16.9 Å². The Morgan fingerprint density at radius 3 is 2.64 bits per heavy atom. The lowest BCUT2D eigenvalue weighted by Crippen LogP contribution is -2.03. The van der Waals surface area contributed by atoms with Crippen LogP contribution in [0, 0.1) is 5.92 Å². The number of carbonyl (C=O) groups is 1. The Morgan fingerprint density at radius 2 is 2.36 bits per heavy atom. The minimum atomic E-state index is -0.684. The third-order valence-electron chi connectivity index (χ3n) is 1.71. The first-order valence-electron chi connectivity index (χ1n) is 4.81. The topological polar surface area (TPSA) is 66.0 Å². The van der Waals surface area contributed by atoms with Crippen molar-refractivity contribution in [2.75, 3.05) is 0 Å². The number of hydrogen-bond acceptors (Lipinski definition) is 2. The molecule has 1 unspecified atom stereocenters. The molecule has 80 valence electrons. The van der Waals surface area contributed by atoms with Gasteiger partial charge in [0.05, 0.1) is 6.33 Å². The SMILES string of the molecule is CCCC(C)CC(=O)O.c1c[nH]cn1. The highest BCUT2D eigenvalue weighted by Gasteiger charge is 2.04. The Kier molecular flexibility index (Phi) is 7.50. The van der Waals surface area contributed by atoms with Crippen LogP contribution in [0.3, 0.4) is 0 Å². The van der Waals surface area contributed by atoms with Crippen LogP contribution in [0.4, 0.5) is 0 Å². The van der Waals surface area contributed by atoms with Gasteiger partial charge in [-0.3, -0.25) is 4.79 Å². The Hall–Kier alpha value is -1.32. The second-order valence-corrected chi connectivity index (χ2v) is 3.25. The van der Waals surface area contributed by atoms with Crippen LogP contribution in [-0.4, -0.2) is 21.0 Å². The second-order valence-electron chi connectivity index (χ2n) is 3.25. The van der Waals surface area contributed by atoms with E-state index in [1.165, 1.54) is 0 Å². The predicted molar refractivity (Wildman–Crippen MR) is 54.9 cm³/mol. The summed E-state index contributed by atoms with van der Waals surface area (Å²) in [4.78, 5) is 16.5. The van der Waals surface area contributed by atoms with Gasteiger partial charge in [-0.25, -0.2) is 4.98 Å². The Morgan fingerprint density at radius 1 is 1.64 bits per heavy atom. The molecule has 14 heavy (non-hydrogen) atoms. The van der Waals surface area contributed by atoms with Gasteiger partial charge >= 0.3 is 5.97 Å². The summed E-state index contributed by atoms with van der Waals surface area (Å²) in [7, 11) is 0. The Balaban J connectivity index is 0.000000280. The lowest BCUT2D eigenvalue weighted by atomic mass is 10.0. The van der Waals surface area contributed by atoms with Crippen LogP contribution in [-0.2, 0) is 4.79 Å². The molecule has 1 atom stereocenters. The highest BCUT2D eigenvalue weighted by atomic mass is 16.4. The van der Waals surface area contributed by atoms with E-state index in [1.54, 1.807) is 18.7 Å². The first-order valence-corrected chi connectivity index (χ1v) is 4.81. The predicted octanol–water partition coefficient (Wildman–Crippen LogP) is 2.31. The Labute approximate surface area is 84.4 Å². The number of aromatic amines is 1.